The zero-order chi connectivity index (χ0) is 20.0. The van der Waals surface area contributed by atoms with Crippen LogP contribution < -0.4 is 21.5 Å². The lowest BCUT2D eigenvalue weighted by Crippen LogP contribution is -3.11. The van der Waals surface area contributed by atoms with Crippen molar-refractivity contribution in [1.82, 2.24) is 9.97 Å². The number of nitrogens with two attached hydrogens (primary N) is 1. The Morgan fingerprint density at radius 2 is 2.00 bits per heavy atom. The largest absolute Gasteiger partial charge is 0.382 e. The minimum atomic E-state index is -1.16. The highest BCUT2D eigenvalue weighted by Crippen LogP contribution is 2.17. The molecule has 1 aromatic heterocycles. The molecular formula is C17H22F2N5O2S+. The first kappa shape index (κ1) is 20.8. The van der Waals surface area contributed by atoms with Crippen LogP contribution in [0.4, 0.5) is 20.3 Å². The van der Waals surface area contributed by atoms with Gasteiger partial charge in [0.15, 0.2) is 22.6 Å². The Balaban J connectivity index is 2.08. The minimum absolute atomic E-state index is 0.145. The summed E-state index contributed by atoms with van der Waals surface area (Å²) < 4.78 is 26.2. The third kappa shape index (κ3) is 5.51. The number of amides is 1. The number of carbonyl (C=O) groups excluding carboxylic acids is 1. The molecule has 0 spiro atoms. The lowest BCUT2D eigenvalue weighted by Gasteiger charge is -2.14. The summed E-state index contributed by atoms with van der Waals surface area (Å²) in [4.78, 5) is 32.4. The molecule has 1 heterocycles. The highest BCUT2D eigenvalue weighted by atomic mass is 32.2. The molecule has 10 heteroatoms. The summed E-state index contributed by atoms with van der Waals surface area (Å²) in [6.45, 7) is 7.14. The van der Waals surface area contributed by atoms with Crippen molar-refractivity contribution in [3.63, 3.8) is 0 Å². The summed E-state index contributed by atoms with van der Waals surface area (Å²) in [5.74, 6) is -2.42. The van der Waals surface area contributed by atoms with Gasteiger partial charge in [0.05, 0.1) is 25.4 Å². The number of nitrogens with one attached hydrogen (secondary N) is 3. The number of halogens is 2. The second kappa shape index (κ2) is 9.47. The summed E-state index contributed by atoms with van der Waals surface area (Å²) in [5.41, 5.74) is 4.80. The number of hydrogen-bond donors (Lipinski definition) is 4. The number of nitrogens with zero attached hydrogens (tertiary/aromatic N) is 1. The van der Waals surface area contributed by atoms with Gasteiger partial charge in [-0.25, -0.2) is 13.8 Å². The number of anilines is 2. The third-order valence-electron chi connectivity index (χ3n) is 4.04. The van der Waals surface area contributed by atoms with Gasteiger partial charge in [0.25, 0.3) is 11.5 Å². The Hall–Kier alpha value is -2.46. The van der Waals surface area contributed by atoms with Crippen molar-refractivity contribution >= 4 is 29.2 Å². The van der Waals surface area contributed by atoms with Gasteiger partial charge in [0, 0.05) is 5.56 Å². The fourth-order valence-corrected chi connectivity index (χ4v) is 3.29. The topological polar surface area (TPSA) is 105 Å². The van der Waals surface area contributed by atoms with Crippen LogP contribution in [0.15, 0.2) is 28.2 Å². The lowest BCUT2D eigenvalue weighted by atomic mass is 10.2. The molecule has 27 heavy (non-hydrogen) atoms. The summed E-state index contributed by atoms with van der Waals surface area (Å²) in [6, 6.07) is 2.67. The van der Waals surface area contributed by atoms with Gasteiger partial charge in [-0.3, -0.25) is 14.6 Å². The predicted molar refractivity (Wildman–Crippen MR) is 101 cm³/mol. The van der Waals surface area contributed by atoms with Gasteiger partial charge < -0.3 is 16.0 Å². The molecule has 1 amide bonds. The van der Waals surface area contributed by atoms with E-state index in [1.165, 1.54) is 16.7 Å². The smallest absolute Gasteiger partial charge is 0.277 e. The monoisotopic (exact) mass is 398 g/mol. The maximum atomic E-state index is 13.3. The van der Waals surface area contributed by atoms with Crippen LogP contribution in [0.2, 0.25) is 0 Å². The number of carbonyl (C=O) groups is 1. The molecule has 2 rings (SSSR count). The average molecular weight is 398 g/mol. The molecule has 5 N–H and O–H groups in total. The number of benzene rings is 1. The van der Waals surface area contributed by atoms with Crippen molar-refractivity contribution in [1.29, 1.82) is 0 Å². The molecule has 0 saturated heterocycles. The van der Waals surface area contributed by atoms with Crippen molar-refractivity contribution in [3.8, 4) is 0 Å². The van der Waals surface area contributed by atoms with Crippen molar-refractivity contribution in [2.24, 2.45) is 0 Å². The van der Waals surface area contributed by atoms with Gasteiger partial charge >= 0.3 is 0 Å². The second-order valence-corrected chi connectivity index (χ2v) is 6.85. The summed E-state index contributed by atoms with van der Waals surface area (Å²) >= 11 is 1.36. The molecule has 0 unspecified atom stereocenters. The van der Waals surface area contributed by atoms with E-state index in [0.717, 1.165) is 43.6 Å². The molecule has 0 saturated carbocycles. The number of H-pyrrole nitrogens is 1. The van der Waals surface area contributed by atoms with E-state index in [4.69, 9.17) is 5.73 Å². The van der Waals surface area contributed by atoms with E-state index in [9.17, 15) is 18.4 Å². The number of rotatable bonds is 8. The molecule has 7 nitrogen and oxygen atoms in total. The van der Waals surface area contributed by atoms with Crippen LogP contribution in [0.1, 0.15) is 24.2 Å². The van der Waals surface area contributed by atoms with Gasteiger partial charge in [0.1, 0.15) is 5.69 Å². The Bertz CT molecular complexity index is 871. The van der Waals surface area contributed by atoms with Crippen molar-refractivity contribution in [2.75, 3.05) is 36.4 Å². The van der Waals surface area contributed by atoms with Gasteiger partial charge in [0.2, 0.25) is 0 Å². The van der Waals surface area contributed by atoms with E-state index in [2.05, 4.69) is 29.1 Å². The Labute approximate surface area is 159 Å². The highest BCUT2D eigenvalue weighted by molar-refractivity contribution is 7.99. The van der Waals surface area contributed by atoms with Gasteiger partial charge in [-0.15, -0.1) is 0 Å². The van der Waals surface area contributed by atoms with Crippen LogP contribution >= 0.6 is 11.8 Å². The molecule has 1 aromatic carbocycles. The van der Waals surface area contributed by atoms with Crippen molar-refractivity contribution in [3.05, 3.63) is 45.8 Å². The molecule has 0 radical (unpaired) electrons. The van der Waals surface area contributed by atoms with E-state index >= 15 is 0 Å². The number of nitrogen functional groups attached to an aromatic ring is 1. The number of hydrogen-bond acceptors (Lipinski definition) is 5. The number of aromatic nitrogens is 2. The highest BCUT2D eigenvalue weighted by Gasteiger charge is 2.16. The molecule has 0 aliphatic carbocycles. The van der Waals surface area contributed by atoms with Crippen LogP contribution in [-0.2, 0) is 0 Å². The van der Waals surface area contributed by atoms with Crippen molar-refractivity contribution in [2.45, 2.75) is 19.0 Å². The van der Waals surface area contributed by atoms with Crippen LogP contribution in [0.3, 0.4) is 0 Å². The quantitative estimate of drug-likeness (QED) is 0.391. The first-order valence-electron chi connectivity index (χ1n) is 8.48. The number of aromatic amines is 1. The average Bonchev–Trinajstić information content (AvgIpc) is 2.64. The van der Waals surface area contributed by atoms with E-state index < -0.39 is 23.1 Å². The zero-order valence-electron chi connectivity index (χ0n) is 15.1. The van der Waals surface area contributed by atoms with E-state index in [1.807, 2.05) is 0 Å². The van der Waals surface area contributed by atoms with E-state index in [-0.39, 0.29) is 17.1 Å². The maximum absolute atomic E-state index is 13.3. The van der Waals surface area contributed by atoms with Gasteiger partial charge in [-0.05, 0) is 32.0 Å². The molecule has 0 aliphatic heterocycles. The summed E-state index contributed by atoms with van der Waals surface area (Å²) in [6.07, 6.45) is 0. The second-order valence-electron chi connectivity index (χ2n) is 5.77. The van der Waals surface area contributed by atoms with Crippen molar-refractivity contribution < 1.29 is 18.5 Å². The van der Waals surface area contributed by atoms with Crippen LogP contribution in [0.25, 0.3) is 0 Å². The van der Waals surface area contributed by atoms with E-state index in [1.54, 1.807) is 0 Å². The third-order valence-corrected chi connectivity index (χ3v) is 4.92. The summed E-state index contributed by atoms with van der Waals surface area (Å²) in [5, 5.41) is 2.64. The normalized spacial score (nSPS) is 11.0. The number of quaternary nitrogens is 1. The number of thioether (sulfide) groups is 1. The standard InChI is InChI=1S/C17H21F2N5O2S/c1-3-24(4-2)7-8-27-17-22-14(20)13(16(26)23-17)21-15(25)10-5-6-11(18)12(19)9-10/h5-6,9H,3-4,7-8H2,1-2H3,(H,21,25)(H3,20,22,23,26)/p+1. The maximum Gasteiger partial charge on any atom is 0.277 e. The fraction of sp³-hybridized carbons (Fsp3) is 0.353. The molecule has 0 bridgehead atoms. The van der Waals surface area contributed by atoms with Gasteiger partial charge in [-0.1, -0.05) is 11.8 Å². The van der Waals surface area contributed by atoms with Gasteiger partial charge in [-0.2, -0.15) is 0 Å². The zero-order valence-corrected chi connectivity index (χ0v) is 15.9. The predicted octanol–water partition coefficient (Wildman–Crippen LogP) is 0.899. The summed E-state index contributed by atoms with van der Waals surface area (Å²) in [7, 11) is 0. The molecule has 0 atom stereocenters. The molecule has 0 aliphatic rings. The molecule has 2 aromatic rings. The Kier molecular flexibility index (Phi) is 7.31. The molecular weight excluding hydrogens is 376 g/mol. The first-order chi connectivity index (χ1) is 12.8. The van der Waals surface area contributed by atoms with Crippen LogP contribution in [0.5, 0.6) is 0 Å². The van der Waals surface area contributed by atoms with Crippen LogP contribution in [-0.4, -0.2) is 41.3 Å². The Morgan fingerprint density at radius 3 is 2.59 bits per heavy atom. The first-order valence-corrected chi connectivity index (χ1v) is 9.46. The molecule has 146 valence electrons. The molecule has 0 fully saturated rings. The SMILES string of the molecule is CC[NH+](CC)CCSc1nc(N)c(NC(=O)c2ccc(F)c(F)c2)c(=O)[nH]1. The Morgan fingerprint density at radius 1 is 1.30 bits per heavy atom. The lowest BCUT2D eigenvalue weighted by molar-refractivity contribution is -0.893. The fourth-order valence-electron chi connectivity index (χ4n) is 2.38. The van der Waals surface area contributed by atoms with E-state index in [0.29, 0.717) is 5.16 Å². The minimum Gasteiger partial charge on any atom is -0.382 e. The van der Waals surface area contributed by atoms with Crippen LogP contribution in [0, 0.1) is 11.6 Å².